The highest BCUT2D eigenvalue weighted by Gasteiger charge is 2.34. The maximum absolute atomic E-state index is 12.3. The van der Waals surface area contributed by atoms with Crippen LogP contribution in [0.25, 0.3) is 0 Å². The van der Waals surface area contributed by atoms with Gasteiger partial charge in [0, 0.05) is 12.3 Å². The van der Waals surface area contributed by atoms with Crippen LogP contribution in [0.1, 0.15) is 39.2 Å². The Kier molecular flexibility index (Phi) is 5.94. The molecule has 2 aromatic carbocycles. The summed E-state index contributed by atoms with van der Waals surface area (Å²) in [7, 11) is 0. The normalized spacial score (nSPS) is 15.7. The third-order valence-corrected chi connectivity index (χ3v) is 5.95. The lowest BCUT2D eigenvalue weighted by Crippen LogP contribution is -2.32. The molecular formula is C22H22N2O5S. The predicted octanol–water partition coefficient (Wildman–Crippen LogP) is 2.66. The molecule has 3 amide bonds. The fraction of sp³-hybridized carbons (Fsp3) is 0.318. The summed E-state index contributed by atoms with van der Waals surface area (Å²) in [6.45, 7) is 3.24. The van der Waals surface area contributed by atoms with Crippen LogP contribution < -0.4 is 14.8 Å². The summed E-state index contributed by atoms with van der Waals surface area (Å²) in [5, 5.41) is 2.96. The van der Waals surface area contributed by atoms with Gasteiger partial charge in [0.25, 0.3) is 11.8 Å². The standard InChI is InChI=1S/C22H22N2O5S/c1-14(15-6-7-18-19(12-15)29-10-9-28-18)23-20(25)13-30-11-8-24-21(26)16-4-2-3-5-17(16)22(24)27/h2-7,12,14H,8-11,13H2,1H3,(H,23,25)/t14-/m0/s1. The van der Waals surface area contributed by atoms with E-state index >= 15 is 0 Å². The van der Waals surface area contributed by atoms with Crippen molar-refractivity contribution in [2.45, 2.75) is 13.0 Å². The lowest BCUT2D eigenvalue weighted by atomic mass is 10.1. The monoisotopic (exact) mass is 426 g/mol. The van der Waals surface area contributed by atoms with E-state index in [0.29, 0.717) is 41.6 Å². The molecule has 2 heterocycles. The molecule has 1 atom stereocenters. The molecule has 2 aromatic rings. The maximum Gasteiger partial charge on any atom is 0.261 e. The molecule has 0 bridgehead atoms. The van der Waals surface area contributed by atoms with E-state index in [9.17, 15) is 14.4 Å². The molecule has 2 aliphatic rings. The highest BCUT2D eigenvalue weighted by atomic mass is 32.2. The van der Waals surface area contributed by atoms with Gasteiger partial charge in [0.2, 0.25) is 5.91 Å². The Morgan fingerprint density at radius 2 is 1.73 bits per heavy atom. The van der Waals surface area contributed by atoms with Gasteiger partial charge in [-0.05, 0) is 36.8 Å². The van der Waals surface area contributed by atoms with Crippen molar-refractivity contribution in [2.75, 3.05) is 31.3 Å². The fourth-order valence-electron chi connectivity index (χ4n) is 3.46. The van der Waals surface area contributed by atoms with Crippen LogP contribution in [0, 0.1) is 0 Å². The number of carbonyl (C=O) groups is 3. The third-order valence-electron chi connectivity index (χ3n) is 5.01. The Labute approximate surface area is 178 Å². The van der Waals surface area contributed by atoms with Crippen LogP contribution in [0.5, 0.6) is 11.5 Å². The van der Waals surface area contributed by atoms with Gasteiger partial charge in [-0.3, -0.25) is 19.3 Å². The Morgan fingerprint density at radius 1 is 1.07 bits per heavy atom. The van der Waals surface area contributed by atoms with Gasteiger partial charge in [0.05, 0.1) is 22.9 Å². The molecule has 0 unspecified atom stereocenters. The molecule has 0 aromatic heterocycles. The molecule has 0 saturated carbocycles. The van der Waals surface area contributed by atoms with Gasteiger partial charge in [-0.2, -0.15) is 11.8 Å². The number of benzene rings is 2. The highest BCUT2D eigenvalue weighted by molar-refractivity contribution is 7.99. The van der Waals surface area contributed by atoms with E-state index in [1.165, 1.54) is 16.7 Å². The molecule has 0 aliphatic carbocycles. The molecule has 2 aliphatic heterocycles. The number of hydrogen-bond donors (Lipinski definition) is 1. The largest absolute Gasteiger partial charge is 0.486 e. The minimum atomic E-state index is -0.270. The van der Waals surface area contributed by atoms with Gasteiger partial charge >= 0.3 is 0 Å². The van der Waals surface area contributed by atoms with E-state index in [2.05, 4.69) is 5.32 Å². The second-order valence-electron chi connectivity index (χ2n) is 7.05. The minimum absolute atomic E-state index is 0.107. The van der Waals surface area contributed by atoms with Gasteiger partial charge in [-0.25, -0.2) is 0 Å². The number of hydrogen-bond acceptors (Lipinski definition) is 6. The van der Waals surface area contributed by atoms with Gasteiger partial charge < -0.3 is 14.8 Å². The topological polar surface area (TPSA) is 84.9 Å². The van der Waals surface area contributed by atoms with Crippen molar-refractivity contribution in [3.05, 3.63) is 59.2 Å². The molecule has 7 nitrogen and oxygen atoms in total. The van der Waals surface area contributed by atoms with Crippen LogP contribution >= 0.6 is 11.8 Å². The summed E-state index contributed by atoms with van der Waals surface area (Å²) in [6.07, 6.45) is 0. The van der Waals surface area contributed by atoms with E-state index in [1.807, 2.05) is 25.1 Å². The number of thioether (sulfide) groups is 1. The summed E-state index contributed by atoms with van der Waals surface area (Å²) in [6, 6.07) is 12.3. The van der Waals surface area contributed by atoms with Crippen LogP contribution in [-0.4, -0.2) is 53.9 Å². The van der Waals surface area contributed by atoms with Crippen molar-refractivity contribution in [2.24, 2.45) is 0 Å². The second-order valence-corrected chi connectivity index (χ2v) is 8.16. The van der Waals surface area contributed by atoms with Crippen molar-refractivity contribution >= 4 is 29.5 Å². The average molecular weight is 426 g/mol. The molecule has 0 fully saturated rings. The third kappa shape index (κ3) is 4.14. The SMILES string of the molecule is C[C@H](NC(=O)CSCCN1C(=O)c2ccccc2C1=O)c1ccc2c(c1)OCCO2. The number of nitrogens with zero attached hydrogens (tertiary/aromatic N) is 1. The summed E-state index contributed by atoms with van der Waals surface area (Å²) in [4.78, 5) is 38.2. The summed E-state index contributed by atoms with van der Waals surface area (Å²) < 4.78 is 11.1. The molecule has 0 radical (unpaired) electrons. The zero-order chi connectivity index (χ0) is 21.1. The number of imide groups is 1. The number of fused-ring (bicyclic) bond motifs is 2. The van der Waals surface area contributed by atoms with Gasteiger partial charge in [-0.15, -0.1) is 0 Å². The van der Waals surface area contributed by atoms with Crippen molar-refractivity contribution in [1.82, 2.24) is 10.2 Å². The van der Waals surface area contributed by atoms with Crippen molar-refractivity contribution in [1.29, 1.82) is 0 Å². The number of carbonyl (C=O) groups excluding carboxylic acids is 3. The quantitative estimate of drug-likeness (QED) is 0.541. The van der Waals surface area contributed by atoms with Crippen LogP contribution in [0.2, 0.25) is 0 Å². The predicted molar refractivity (Wildman–Crippen MR) is 113 cm³/mol. The molecule has 8 heteroatoms. The Bertz CT molecular complexity index is 958. The molecule has 1 N–H and O–H groups in total. The molecule has 0 saturated heterocycles. The van der Waals surface area contributed by atoms with Gasteiger partial charge in [0.15, 0.2) is 11.5 Å². The molecule has 30 heavy (non-hydrogen) atoms. The molecule has 4 rings (SSSR count). The lowest BCUT2D eigenvalue weighted by Gasteiger charge is -2.21. The van der Waals surface area contributed by atoms with Crippen LogP contribution in [0.4, 0.5) is 0 Å². The Morgan fingerprint density at radius 3 is 2.43 bits per heavy atom. The van der Waals surface area contributed by atoms with Crippen LogP contribution in [-0.2, 0) is 4.79 Å². The maximum atomic E-state index is 12.3. The summed E-state index contributed by atoms with van der Waals surface area (Å²) in [5.74, 6) is 1.50. The van der Waals surface area contributed by atoms with Gasteiger partial charge in [-0.1, -0.05) is 18.2 Å². The van der Waals surface area contributed by atoms with E-state index < -0.39 is 0 Å². The number of nitrogens with one attached hydrogen (secondary N) is 1. The first-order valence-corrected chi connectivity index (χ1v) is 10.9. The first-order chi connectivity index (χ1) is 14.5. The number of amides is 3. The first kappa shape index (κ1) is 20.3. The molecule has 156 valence electrons. The van der Waals surface area contributed by atoms with E-state index in [4.69, 9.17) is 9.47 Å². The van der Waals surface area contributed by atoms with Crippen molar-refractivity contribution in [3.63, 3.8) is 0 Å². The number of rotatable bonds is 7. The minimum Gasteiger partial charge on any atom is -0.486 e. The second kappa shape index (κ2) is 8.79. The zero-order valence-electron chi connectivity index (χ0n) is 16.6. The van der Waals surface area contributed by atoms with Crippen LogP contribution in [0.15, 0.2) is 42.5 Å². The fourth-order valence-corrected chi connectivity index (χ4v) is 4.18. The number of ether oxygens (including phenoxy) is 2. The average Bonchev–Trinajstić information content (AvgIpc) is 3.01. The summed E-state index contributed by atoms with van der Waals surface area (Å²) in [5.41, 5.74) is 1.82. The van der Waals surface area contributed by atoms with Crippen LogP contribution in [0.3, 0.4) is 0 Å². The molecule has 0 spiro atoms. The smallest absolute Gasteiger partial charge is 0.261 e. The molecular weight excluding hydrogens is 404 g/mol. The first-order valence-electron chi connectivity index (χ1n) is 9.76. The van der Waals surface area contributed by atoms with Crippen molar-refractivity contribution < 1.29 is 23.9 Å². The van der Waals surface area contributed by atoms with E-state index in [1.54, 1.807) is 24.3 Å². The van der Waals surface area contributed by atoms with Gasteiger partial charge in [0.1, 0.15) is 13.2 Å². The summed E-state index contributed by atoms with van der Waals surface area (Å²) >= 11 is 1.39. The zero-order valence-corrected chi connectivity index (χ0v) is 17.4. The Hall–Kier alpha value is -3.00. The Balaban J connectivity index is 1.23. The van der Waals surface area contributed by atoms with Crippen molar-refractivity contribution in [3.8, 4) is 11.5 Å². The van der Waals surface area contributed by atoms with E-state index in [0.717, 1.165) is 5.56 Å². The van der Waals surface area contributed by atoms with E-state index in [-0.39, 0.29) is 36.1 Å². The highest BCUT2D eigenvalue weighted by Crippen LogP contribution is 2.32. The lowest BCUT2D eigenvalue weighted by molar-refractivity contribution is -0.119.